The van der Waals surface area contributed by atoms with E-state index in [0.29, 0.717) is 22.5 Å². The highest BCUT2D eigenvalue weighted by molar-refractivity contribution is 6.22. The molecule has 0 bridgehead atoms. The highest BCUT2D eigenvalue weighted by atomic mass is 16.2. The van der Waals surface area contributed by atoms with E-state index in [-0.39, 0.29) is 6.54 Å². The highest BCUT2D eigenvalue weighted by Crippen LogP contribution is 2.22. The fourth-order valence-electron chi connectivity index (χ4n) is 2.29. The molecule has 0 saturated carbocycles. The van der Waals surface area contributed by atoms with Crippen LogP contribution in [-0.4, -0.2) is 29.2 Å². The number of imide groups is 1. The molecule has 110 valence electrons. The SMILES string of the molecule is Nc1ccc(NC(=O)CN2C(=O)c3ccccc3C2=O)cc1. The molecule has 0 atom stereocenters. The van der Waals surface area contributed by atoms with Crippen LogP contribution in [0.3, 0.4) is 0 Å². The van der Waals surface area contributed by atoms with Crippen molar-refractivity contribution in [2.45, 2.75) is 0 Å². The van der Waals surface area contributed by atoms with Crippen molar-refractivity contribution >= 4 is 29.1 Å². The van der Waals surface area contributed by atoms with Gasteiger partial charge in [-0.3, -0.25) is 19.3 Å². The first-order valence-corrected chi connectivity index (χ1v) is 6.67. The van der Waals surface area contributed by atoms with Crippen LogP contribution in [0, 0.1) is 0 Å². The molecule has 0 spiro atoms. The van der Waals surface area contributed by atoms with Gasteiger partial charge < -0.3 is 11.1 Å². The molecule has 0 unspecified atom stereocenters. The van der Waals surface area contributed by atoms with E-state index in [9.17, 15) is 14.4 Å². The largest absolute Gasteiger partial charge is 0.399 e. The van der Waals surface area contributed by atoms with Crippen molar-refractivity contribution < 1.29 is 14.4 Å². The molecule has 3 rings (SSSR count). The Morgan fingerprint density at radius 3 is 2.05 bits per heavy atom. The van der Waals surface area contributed by atoms with Crippen molar-refractivity contribution in [3.05, 3.63) is 59.7 Å². The van der Waals surface area contributed by atoms with E-state index in [0.717, 1.165) is 4.90 Å². The summed E-state index contributed by atoms with van der Waals surface area (Å²) in [6, 6.07) is 13.1. The summed E-state index contributed by atoms with van der Waals surface area (Å²) >= 11 is 0. The molecule has 3 amide bonds. The second-order valence-electron chi connectivity index (χ2n) is 4.91. The molecular weight excluding hydrogens is 282 g/mol. The monoisotopic (exact) mass is 295 g/mol. The Labute approximate surface area is 126 Å². The number of nitrogen functional groups attached to an aromatic ring is 1. The smallest absolute Gasteiger partial charge is 0.262 e. The minimum Gasteiger partial charge on any atom is -0.399 e. The molecule has 2 aromatic rings. The third-order valence-corrected chi connectivity index (χ3v) is 3.37. The molecule has 6 nitrogen and oxygen atoms in total. The Morgan fingerprint density at radius 2 is 1.50 bits per heavy atom. The van der Waals surface area contributed by atoms with Gasteiger partial charge in [-0.1, -0.05) is 12.1 Å². The lowest BCUT2D eigenvalue weighted by atomic mass is 10.1. The van der Waals surface area contributed by atoms with Crippen molar-refractivity contribution in [3.63, 3.8) is 0 Å². The van der Waals surface area contributed by atoms with E-state index in [4.69, 9.17) is 5.73 Å². The molecule has 0 radical (unpaired) electrons. The Balaban J connectivity index is 1.71. The number of benzene rings is 2. The maximum atomic E-state index is 12.1. The third-order valence-electron chi connectivity index (χ3n) is 3.37. The van der Waals surface area contributed by atoms with Crippen molar-refractivity contribution in [2.75, 3.05) is 17.6 Å². The van der Waals surface area contributed by atoms with Gasteiger partial charge in [0, 0.05) is 11.4 Å². The second kappa shape index (κ2) is 5.33. The van der Waals surface area contributed by atoms with Crippen molar-refractivity contribution in [2.24, 2.45) is 0 Å². The Bertz CT molecular complexity index is 733. The molecule has 6 heteroatoms. The standard InChI is InChI=1S/C16H13N3O3/c17-10-5-7-11(8-6-10)18-14(20)9-19-15(21)12-3-1-2-4-13(12)16(19)22/h1-8H,9,17H2,(H,18,20). The summed E-state index contributed by atoms with van der Waals surface area (Å²) < 4.78 is 0. The van der Waals surface area contributed by atoms with Crippen LogP contribution in [0.15, 0.2) is 48.5 Å². The summed E-state index contributed by atoms with van der Waals surface area (Å²) in [5, 5.41) is 2.62. The minimum absolute atomic E-state index is 0.323. The third kappa shape index (κ3) is 2.42. The van der Waals surface area contributed by atoms with Crippen molar-refractivity contribution in [1.29, 1.82) is 0 Å². The Hall–Kier alpha value is -3.15. The maximum absolute atomic E-state index is 12.1. The summed E-state index contributed by atoms with van der Waals surface area (Å²) in [7, 11) is 0. The van der Waals surface area contributed by atoms with Gasteiger partial charge in [-0.2, -0.15) is 0 Å². The van der Waals surface area contributed by atoms with Crippen LogP contribution >= 0.6 is 0 Å². The fraction of sp³-hybridized carbons (Fsp3) is 0.0625. The van der Waals surface area contributed by atoms with Gasteiger partial charge in [0.05, 0.1) is 11.1 Å². The quantitative estimate of drug-likeness (QED) is 0.663. The fourth-order valence-corrected chi connectivity index (χ4v) is 2.29. The van der Waals surface area contributed by atoms with E-state index in [2.05, 4.69) is 5.32 Å². The van der Waals surface area contributed by atoms with Gasteiger partial charge in [-0.05, 0) is 36.4 Å². The molecule has 2 aromatic carbocycles. The first-order valence-electron chi connectivity index (χ1n) is 6.67. The minimum atomic E-state index is -0.451. The van der Waals surface area contributed by atoms with Gasteiger partial charge >= 0.3 is 0 Å². The van der Waals surface area contributed by atoms with E-state index in [1.807, 2.05) is 0 Å². The lowest BCUT2D eigenvalue weighted by Gasteiger charge is -2.13. The predicted molar refractivity (Wildman–Crippen MR) is 81.3 cm³/mol. The number of anilines is 2. The number of nitrogens with zero attached hydrogens (tertiary/aromatic N) is 1. The molecule has 0 aromatic heterocycles. The first-order chi connectivity index (χ1) is 10.6. The second-order valence-corrected chi connectivity index (χ2v) is 4.91. The molecular formula is C16H13N3O3. The van der Waals surface area contributed by atoms with Crippen LogP contribution in [0.2, 0.25) is 0 Å². The number of carbonyl (C=O) groups excluding carboxylic acids is 3. The van der Waals surface area contributed by atoms with Gasteiger partial charge in [0.2, 0.25) is 5.91 Å². The van der Waals surface area contributed by atoms with E-state index in [1.165, 1.54) is 0 Å². The number of carbonyl (C=O) groups is 3. The highest BCUT2D eigenvalue weighted by Gasteiger charge is 2.36. The zero-order valence-electron chi connectivity index (χ0n) is 11.6. The lowest BCUT2D eigenvalue weighted by Crippen LogP contribution is -2.37. The van der Waals surface area contributed by atoms with Gasteiger partial charge in [-0.25, -0.2) is 0 Å². The van der Waals surface area contributed by atoms with Gasteiger partial charge in [0.25, 0.3) is 11.8 Å². The van der Waals surface area contributed by atoms with Gasteiger partial charge in [0.15, 0.2) is 0 Å². The number of hydrogen-bond acceptors (Lipinski definition) is 4. The Morgan fingerprint density at radius 1 is 0.955 bits per heavy atom. The van der Waals surface area contributed by atoms with Crippen LogP contribution in [-0.2, 0) is 4.79 Å². The van der Waals surface area contributed by atoms with Crippen LogP contribution in [0.25, 0.3) is 0 Å². The molecule has 0 aliphatic carbocycles. The summed E-state index contributed by atoms with van der Waals surface area (Å²) in [5.74, 6) is -1.35. The zero-order chi connectivity index (χ0) is 15.7. The average molecular weight is 295 g/mol. The van der Waals surface area contributed by atoms with E-state index in [1.54, 1.807) is 48.5 Å². The molecule has 3 N–H and O–H groups in total. The van der Waals surface area contributed by atoms with Crippen LogP contribution in [0.5, 0.6) is 0 Å². The number of rotatable bonds is 3. The number of hydrogen-bond donors (Lipinski definition) is 2. The summed E-state index contributed by atoms with van der Waals surface area (Å²) in [6.07, 6.45) is 0. The molecule has 22 heavy (non-hydrogen) atoms. The average Bonchev–Trinajstić information content (AvgIpc) is 2.75. The predicted octanol–water partition coefficient (Wildman–Crippen LogP) is 1.50. The molecule has 0 saturated heterocycles. The zero-order valence-corrected chi connectivity index (χ0v) is 11.6. The molecule has 1 heterocycles. The number of fused-ring (bicyclic) bond motifs is 1. The van der Waals surface area contributed by atoms with Crippen LogP contribution in [0.4, 0.5) is 11.4 Å². The maximum Gasteiger partial charge on any atom is 0.262 e. The molecule has 1 aliphatic rings. The number of amides is 3. The van der Waals surface area contributed by atoms with Crippen molar-refractivity contribution in [1.82, 2.24) is 4.90 Å². The Kier molecular flexibility index (Phi) is 3.34. The summed E-state index contributed by atoms with van der Waals surface area (Å²) in [4.78, 5) is 37.2. The summed E-state index contributed by atoms with van der Waals surface area (Å²) in [6.45, 7) is -0.323. The topological polar surface area (TPSA) is 92.5 Å². The number of nitrogens with two attached hydrogens (primary N) is 1. The van der Waals surface area contributed by atoms with Crippen LogP contribution < -0.4 is 11.1 Å². The summed E-state index contributed by atoms with van der Waals surface area (Å²) in [5.41, 5.74) is 7.35. The van der Waals surface area contributed by atoms with Gasteiger partial charge in [0.1, 0.15) is 6.54 Å². The van der Waals surface area contributed by atoms with E-state index < -0.39 is 17.7 Å². The normalized spacial score (nSPS) is 13.2. The first kappa shape index (κ1) is 13.8. The number of nitrogens with one attached hydrogen (secondary N) is 1. The van der Waals surface area contributed by atoms with E-state index >= 15 is 0 Å². The van der Waals surface area contributed by atoms with Crippen molar-refractivity contribution in [3.8, 4) is 0 Å². The molecule has 0 fully saturated rings. The lowest BCUT2D eigenvalue weighted by molar-refractivity contribution is -0.116. The van der Waals surface area contributed by atoms with Crippen LogP contribution in [0.1, 0.15) is 20.7 Å². The van der Waals surface area contributed by atoms with Gasteiger partial charge in [-0.15, -0.1) is 0 Å². The molecule has 1 aliphatic heterocycles.